The number of hydrogen-bond donors (Lipinski definition) is 3. The molecule has 0 saturated heterocycles. The quantitative estimate of drug-likeness (QED) is 0.677. The summed E-state index contributed by atoms with van der Waals surface area (Å²) < 4.78 is 0. The summed E-state index contributed by atoms with van der Waals surface area (Å²) in [5.74, 6) is 0.245. The average Bonchev–Trinajstić information content (AvgIpc) is 2.17. The Morgan fingerprint density at radius 3 is 2.57 bits per heavy atom. The number of aliphatic hydroxyl groups excluding tert-OH is 1. The van der Waals surface area contributed by atoms with Crippen molar-refractivity contribution in [3.05, 3.63) is 29.3 Å². The Kier molecular flexibility index (Phi) is 3.13. The molecule has 0 spiro atoms. The van der Waals surface area contributed by atoms with Crippen LogP contribution in [0.3, 0.4) is 0 Å². The molecule has 0 radical (unpaired) electrons. The van der Waals surface area contributed by atoms with E-state index in [1.54, 1.807) is 19.1 Å². The lowest BCUT2D eigenvalue weighted by molar-refractivity contribution is 0.209. The highest BCUT2D eigenvalue weighted by molar-refractivity contribution is 5.42. The largest absolute Gasteiger partial charge is 0.508 e. The lowest BCUT2D eigenvalue weighted by atomic mass is 9.88. The Labute approximate surface area is 84.2 Å². The van der Waals surface area contributed by atoms with E-state index in [1.165, 1.54) is 0 Å². The van der Waals surface area contributed by atoms with Crippen molar-refractivity contribution in [1.29, 1.82) is 0 Å². The molecule has 78 valence electrons. The van der Waals surface area contributed by atoms with Gasteiger partial charge in [0.2, 0.25) is 0 Å². The molecule has 0 saturated carbocycles. The van der Waals surface area contributed by atoms with Crippen molar-refractivity contribution in [3.63, 3.8) is 0 Å². The van der Waals surface area contributed by atoms with Crippen LogP contribution in [0.1, 0.15) is 25.0 Å². The molecule has 1 rings (SSSR count). The van der Waals surface area contributed by atoms with Crippen LogP contribution >= 0.6 is 0 Å². The Morgan fingerprint density at radius 2 is 2.07 bits per heavy atom. The minimum absolute atomic E-state index is 0.135. The van der Waals surface area contributed by atoms with E-state index in [9.17, 15) is 5.11 Å². The Hall–Kier alpha value is -1.06. The predicted octanol–water partition coefficient (Wildman–Crippen LogP) is 1.12. The van der Waals surface area contributed by atoms with Gasteiger partial charge >= 0.3 is 0 Å². The highest BCUT2D eigenvalue weighted by Crippen LogP contribution is 2.28. The first-order valence-electron chi connectivity index (χ1n) is 4.74. The monoisotopic (exact) mass is 195 g/mol. The maximum Gasteiger partial charge on any atom is 0.119 e. The van der Waals surface area contributed by atoms with Crippen LogP contribution in [0, 0.1) is 0 Å². The zero-order chi connectivity index (χ0) is 10.8. The second-order valence-electron chi connectivity index (χ2n) is 3.73. The summed E-state index contributed by atoms with van der Waals surface area (Å²) in [6, 6.07) is 5.22. The molecule has 1 aromatic carbocycles. The minimum atomic E-state index is -0.788. The molecule has 0 fully saturated rings. The predicted molar refractivity (Wildman–Crippen MR) is 56.1 cm³/mol. The van der Waals surface area contributed by atoms with E-state index in [4.69, 9.17) is 10.8 Å². The van der Waals surface area contributed by atoms with E-state index < -0.39 is 5.54 Å². The highest BCUT2D eigenvalue weighted by atomic mass is 16.3. The molecular formula is C11H17NO2. The molecule has 1 aromatic rings. The van der Waals surface area contributed by atoms with Gasteiger partial charge in [0.15, 0.2) is 0 Å². The summed E-state index contributed by atoms with van der Waals surface area (Å²) in [7, 11) is 0. The third-order valence-electron chi connectivity index (χ3n) is 2.45. The standard InChI is InChI=1S/C11H17NO2/c1-3-8-9(11(2,12)7-13)5-4-6-10(8)14/h4-6,13-14H,3,7,12H2,1-2H3. The van der Waals surface area contributed by atoms with E-state index in [0.29, 0.717) is 6.42 Å². The number of benzene rings is 1. The molecule has 14 heavy (non-hydrogen) atoms. The summed E-state index contributed by atoms with van der Waals surface area (Å²) in [6.07, 6.45) is 0.703. The first-order valence-corrected chi connectivity index (χ1v) is 4.74. The van der Waals surface area contributed by atoms with Crippen molar-refractivity contribution in [3.8, 4) is 5.75 Å². The van der Waals surface area contributed by atoms with Gasteiger partial charge in [0, 0.05) is 0 Å². The van der Waals surface area contributed by atoms with Crippen LogP contribution in [0.4, 0.5) is 0 Å². The van der Waals surface area contributed by atoms with E-state index >= 15 is 0 Å². The van der Waals surface area contributed by atoms with Gasteiger partial charge in [-0.2, -0.15) is 0 Å². The highest BCUT2D eigenvalue weighted by Gasteiger charge is 2.23. The van der Waals surface area contributed by atoms with Crippen molar-refractivity contribution in [2.45, 2.75) is 25.8 Å². The van der Waals surface area contributed by atoms with Crippen molar-refractivity contribution in [1.82, 2.24) is 0 Å². The number of rotatable bonds is 3. The molecule has 0 aliphatic rings. The van der Waals surface area contributed by atoms with E-state index in [1.807, 2.05) is 13.0 Å². The van der Waals surface area contributed by atoms with Crippen LogP contribution in [-0.2, 0) is 12.0 Å². The van der Waals surface area contributed by atoms with E-state index in [0.717, 1.165) is 11.1 Å². The summed E-state index contributed by atoms with van der Waals surface area (Å²) in [4.78, 5) is 0. The first kappa shape index (κ1) is 11.0. The summed E-state index contributed by atoms with van der Waals surface area (Å²) in [5, 5.41) is 18.8. The topological polar surface area (TPSA) is 66.5 Å². The summed E-state index contributed by atoms with van der Waals surface area (Å²) >= 11 is 0. The number of phenolic OH excluding ortho intramolecular Hbond substituents is 1. The second kappa shape index (κ2) is 3.98. The zero-order valence-electron chi connectivity index (χ0n) is 8.62. The fourth-order valence-electron chi connectivity index (χ4n) is 1.57. The molecule has 4 N–H and O–H groups in total. The van der Waals surface area contributed by atoms with Gasteiger partial charge in [-0.05, 0) is 30.5 Å². The molecule has 0 aromatic heterocycles. The molecule has 0 heterocycles. The Balaban J connectivity index is 3.27. The van der Waals surface area contributed by atoms with Crippen LogP contribution in [0.25, 0.3) is 0 Å². The normalized spacial score (nSPS) is 15.1. The molecule has 0 bridgehead atoms. The molecule has 3 nitrogen and oxygen atoms in total. The van der Waals surface area contributed by atoms with Gasteiger partial charge in [-0.15, -0.1) is 0 Å². The minimum Gasteiger partial charge on any atom is -0.508 e. The van der Waals surface area contributed by atoms with Gasteiger partial charge in [0.05, 0.1) is 12.1 Å². The Morgan fingerprint density at radius 1 is 1.43 bits per heavy atom. The maximum absolute atomic E-state index is 9.61. The third kappa shape index (κ3) is 1.89. The molecule has 1 atom stereocenters. The van der Waals surface area contributed by atoms with Crippen LogP contribution in [0.2, 0.25) is 0 Å². The molecule has 3 heteroatoms. The Bertz CT molecular complexity index is 321. The van der Waals surface area contributed by atoms with Crippen molar-refractivity contribution in [2.24, 2.45) is 5.73 Å². The van der Waals surface area contributed by atoms with Crippen LogP contribution in [-0.4, -0.2) is 16.8 Å². The number of hydrogen-bond acceptors (Lipinski definition) is 3. The number of aliphatic hydroxyl groups is 1. The van der Waals surface area contributed by atoms with Gasteiger partial charge in [-0.1, -0.05) is 19.1 Å². The zero-order valence-corrected chi connectivity index (χ0v) is 8.62. The van der Waals surface area contributed by atoms with Crippen molar-refractivity contribution in [2.75, 3.05) is 6.61 Å². The fourth-order valence-corrected chi connectivity index (χ4v) is 1.57. The smallest absolute Gasteiger partial charge is 0.119 e. The van der Waals surface area contributed by atoms with E-state index in [2.05, 4.69) is 0 Å². The van der Waals surface area contributed by atoms with Gasteiger partial charge in [-0.3, -0.25) is 0 Å². The number of nitrogens with two attached hydrogens (primary N) is 1. The molecule has 1 unspecified atom stereocenters. The van der Waals surface area contributed by atoms with Gasteiger partial charge in [0.1, 0.15) is 5.75 Å². The molecule has 0 amide bonds. The van der Waals surface area contributed by atoms with E-state index in [-0.39, 0.29) is 12.4 Å². The molecule has 0 aliphatic heterocycles. The van der Waals surface area contributed by atoms with Crippen LogP contribution < -0.4 is 5.73 Å². The van der Waals surface area contributed by atoms with Gasteiger partial charge < -0.3 is 15.9 Å². The molecular weight excluding hydrogens is 178 g/mol. The fraction of sp³-hybridized carbons (Fsp3) is 0.455. The summed E-state index contributed by atoms with van der Waals surface area (Å²) in [5.41, 5.74) is 6.75. The number of phenols is 1. The SMILES string of the molecule is CCc1c(O)cccc1C(C)(N)CO. The first-order chi connectivity index (χ1) is 6.53. The second-order valence-corrected chi connectivity index (χ2v) is 3.73. The van der Waals surface area contributed by atoms with Gasteiger partial charge in [-0.25, -0.2) is 0 Å². The lowest BCUT2D eigenvalue weighted by Gasteiger charge is -2.25. The van der Waals surface area contributed by atoms with Crippen LogP contribution in [0.5, 0.6) is 5.75 Å². The molecule has 0 aliphatic carbocycles. The van der Waals surface area contributed by atoms with Crippen LogP contribution in [0.15, 0.2) is 18.2 Å². The summed E-state index contributed by atoms with van der Waals surface area (Å²) in [6.45, 7) is 3.57. The lowest BCUT2D eigenvalue weighted by Crippen LogP contribution is -2.37. The van der Waals surface area contributed by atoms with Gasteiger partial charge in [0.25, 0.3) is 0 Å². The third-order valence-corrected chi connectivity index (χ3v) is 2.45. The maximum atomic E-state index is 9.61. The average molecular weight is 195 g/mol. The number of aromatic hydroxyl groups is 1. The van der Waals surface area contributed by atoms with Crippen molar-refractivity contribution >= 4 is 0 Å². The van der Waals surface area contributed by atoms with Crippen molar-refractivity contribution < 1.29 is 10.2 Å².